The van der Waals surface area contributed by atoms with E-state index in [9.17, 15) is 5.11 Å². The first-order valence-electron chi connectivity index (χ1n) is 14.0. The van der Waals surface area contributed by atoms with Crippen LogP contribution in [0.5, 0.6) is 0 Å². The van der Waals surface area contributed by atoms with Gasteiger partial charge >= 0.3 is 0 Å². The minimum absolute atomic E-state index is 0.401. The van der Waals surface area contributed by atoms with E-state index in [1.165, 1.54) is 41.7 Å². The Balaban J connectivity index is 1.36. The maximum absolute atomic E-state index is 10.7. The zero-order chi connectivity index (χ0) is 27.5. The van der Waals surface area contributed by atoms with Gasteiger partial charge in [-0.05, 0) is 104 Å². The number of nitrogens with zero attached hydrogens (tertiary/aromatic N) is 1. The van der Waals surface area contributed by atoms with Crippen LogP contribution < -0.4 is 0 Å². The quantitative estimate of drug-likeness (QED) is 0.200. The van der Waals surface area contributed by atoms with Crippen LogP contribution in [0, 0.1) is 5.41 Å². The largest absolute Gasteiger partial charge is 0.386 e. The Labute approximate surface area is 242 Å². The van der Waals surface area contributed by atoms with Crippen LogP contribution in [0.1, 0.15) is 79.7 Å². The fraction of sp³-hybridized carbons (Fsp3) is 0.343. The van der Waals surface area contributed by atoms with E-state index in [1.54, 1.807) is 0 Å². The molecule has 202 valence electrons. The number of thioether (sulfide) groups is 1. The van der Waals surface area contributed by atoms with Crippen molar-refractivity contribution in [3.63, 3.8) is 0 Å². The lowest BCUT2D eigenvalue weighted by atomic mass is 9.90. The second kappa shape index (κ2) is 11.9. The van der Waals surface area contributed by atoms with E-state index in [4.69, 9.17) is 16.6 Å². The highest BCUT2D eigenvalue weighted by Crippen LogP contribution is 2.53. The summed E-state index contributed by atoms with van der Waals surface area (Å²) in [5.41, 5.74) is 6.34. The Morgan fingerprint density at radius 2 is 1.79 bits per heavy atom. The fourth-order valence-electron chi connectivity index (χ4n) is 5.27. The molecule has 0 aliphatic heterocycles. The summed E-state index contributed by atoms with van der Waals surface area (Å²) in [6.45, 7) is 6.10. The maximum Gasteiger partial charge on any atom is 0.0843 e. The summed E-state index contributed by atoms with van der Waals surface area (Å²) in [6.07, 6.45) is 10.2. The number of aryl methyl sites for hydroxylation is 1. The summed E-state index contributed by atoms with van der Waals surface area (Å²) in [5.74, 6) is 1.21. The zero-order valence-electron chi connectivity index (χ0n) is 23.2. The minimum Gasteiger partial charge on any atom is -0.386 e. The van der Waals surface area contributed by atoms with Crippen LogP contribution in [0.15, 0.2) is 78.9 Å². The van der Waals surface area contributed by atoms with Crippen LogP contribution in [-0.4, -0.2) is 15.8 Å². The Morgan fingerprint density at radius 3 is 2.56 bits per heavy atom. The molecule has 3 aromatic carbocycles. The molecule has 5 rings (SSSR count). The molecular weight excluding hydrogens is 518 g/mol. The summed E-state index contributed by atoms with van der Waals surface area (Å²) < 4.78 is 0. The summed E-state index contributed by atoms with van der Waals surface area (Å²) in [4.78, 5) is 4.78. The van der Waals surface area contributed by atoms with Crippen LogP contribution in [0.2, 0.25) is 5.02 Å². The first-order valence-corrected chi connectivity index (χ1v) is 15.4. The van der Waals surface area contributed by atoms with Gasteiger partial charge in [0.25, 0.3) is 0 Å². The van der Waals surface area contributed by atoms with E-state index in [0.717, 1.165) is 35.0 Å². The Hall–Kier alpha value is -2.59. The first-order chi connectivity index (χ1) is 18.7. The summed E-state index contributed by atoms with van der Waals surface area (Å²) >= 11 is 8.30. The number of benzene rings is 3. The highest BCUT2D eigenvalue weighted by Gasteiger charge is 2.40. The van der Waals surface area contributed by atoms with Crippen molar-refractivity contribution in [1.82, 2.24) is 4.98 Å². The van der Waals surface area contributed by atoms with Gasteiger partial charge in [0.2, 0.25) is 0 Å². The number of hydrogen-bond acceptors (Lipinski definition) is 3. The lowest BCUT2D eigenvalue weighted by molar-refractivity contribution is 0.0776. The third-order valence-electron chi connectivity index (χ3n) is 8.05. The van der Waals surface area contributed by atoms with E-state index < -0.39 is 5.60 Å². The lowest BCUT2D eigenvalue weighted by Crippen LogP contribution is -2.18. The van der Waals surface area contributed by atoms with Gasteiger partial charge in [-0.1, -0.05) is 85.3 Å². The molecule has 1 atom stereocenters. The second-order valence-electron chi connectivity index (χ2n) is 11.5. The third-order valence-corrected chi connectivity index (χ3v) is 9.98. The molecule has 1 saturated carbocycles. The first kappa shape index (κ1) is 28.0. The molecule has 2 nitrogen and oxygen atoms in total. The number of aliphatic hydroxyl groups is 1. The summed E-state index contributed by atoms with van der Waals surface area (Å²) in [6, 6.07) is 27.3. The Morgan fingerprint density at radius 1 is 1.00 bits per heavy atom. The maximum atomic E-state index is 10.7. The predicted molar refractivity (Wildman–Crippen MR) is 169 cm³/mol. The van der Waals surface area contributed by atoms with Gasteiger partial charge in [0.15, 0.2) is 0 Å². The summed E-state index contributed by atoms with van der Waals surface area (Å²) in [5, 5.41) is 12.9. The molecule has 0 amide bonds. The van der Waals surface area contributed by atoms with Crippen molar-refractivity contribution in [2.75, 3.05) is 5.75 Å². The van der Waals surface area contributed by atoms with E-state index in [1.807, 2.05) is 38.1 Å². The van der Waals surface area contributed by atoms with Gasteiger partial charge in [0.05, 0.1) is 16.8 Å². The van der Waals surface area contributed by atoms with Crippen molar-refractivity contribution in [2.45, 2.75) is 63.7 Å². The number of aromatic nitrogens is 1. The molecule has 1 fully saturated rings. The van der Waals surface area contributed by atoms with Gasteiger partial charge in [-0.15, -0.1) is 0 Å². The molecule has 39 heavy (non-hydrogen) atoms. The third kappa shape index (κ3) is 7.14. The molecule has 0 spiro atoms. The molecule has 1 aromatic heterocycles. The molecule has 1 unspecified atom stereocenters. The van der Waals surface area contributed by atoms with Gasteiger partial charge in [0, 0.05) is 15.7 Å². The molecule has 1 aliphatic carbocycles. The van der Waals surface area contributed by atoms with Crippen molar-refractivity contribution >= 4 is 46.4 Å². The van der Waals surface area contributed by atoms with Crippen molar-refractivity contribution in [2.24, 2.45) is 5.41 Å². The van der Waals surface area contributed by atoms with Crippen molar-refractivity contribution in [1.29, 1.82) is 0 Å². The molecule has 0 bridgehead atoms. The van der Waals surface area contributed by atoms with Crippen LogP contribution in [-0.2, 0) is 12.0 Å². The van der Waals surface area contributed by atoms with Crippen LogP contribution in [0.3, 0.4) is 0 Å². The van der Waals surface area contributed by atoms with Crippen LogP contribution in [0.25, 0.3) is 23.1 Å². The monoisotopic (exact) mass is 555 g/mol. The Kier molecular flexibility index (Phi) is 8.52. The molecular formula is C35H38ClNOS. The average molecular weight is 556 g/mol. The Bertz CT molecular complexity index is 1470. The van der Waals surface area contributed by atoms with Crippen LogP contribution >= 0.6 is 23.4 Å². The summed E-state index contributed by atoms with van der Waals surface area (Å²) in [7, 11) is 0. The molecule has 1 heterocycles. The fourth-order valence-corrected chi connectivity index (χ4v) is 7.10. The van der Waals surface area contributed by atoms with Gasteiger partial charge < -0.3 is 5.11 Å². The van der Waals surface area contributed by atoms with Gasteiger partial charge in [-0.25, -0.2) is 4.98 Å². The second-order valence-corrected chi connectivity index (χ2v) is 13.1. The van der Waals surface area contributed by atoms with Crippen molar-refractivity contribution < 1.29 is 5.11 Å². The topological polar surface area (TPSA) is 33.1 Å². The van der Waals surface area contributed by atoms with Gasteiger partial charge in [-0.3, -0.25) is 0 Å². The molecule has 4 heteroatoms. The van der Waals surface area contributed by atoms with E-state index in [2.05, 4.69) is 85.4 Å². The molecule has 0 saturated heterocycles. The van der Waals surface area contributed by atoms with Crippen molar-refractivity contribution in [3.05, 3.63) is 112 Å². The molecule has 4 aromatic rings. The standard InChI is InChI=1S/C35H38ClNOS/c1-4-35(20-21-35)24-39-33(19-15-26-9-5-6-11-31(26)34(2,3)38)28-10-7-8-25(22-28)12-17-30-18-14-27-13-16-29(36)23-32(27)37-30/h5-14,16-18,22-23,33,38H,4,15,19-21,24H2,1-3H3/b17-12+. The zero-order valence-corrected chi connectivity index (χ0v) is 24.7. The lowest BCUT2D eigenvalue weighted by Gasteiger charge is -2.24. The number of halogens is 1. The normalized spacial score (nSPS) is 15.6. The SMILES string of the molecule is CCC1(CSC(CCc2ccccc2C(C)(C)O)c2cccc(/C=C/c3ccc4ccc(Cl)cc4n3)c2)CC1. The van der Waals surface area contributed by atoms with Crippen molar-refractivity contribution in [3.8, 4) is 0 Å². The van der Waals surface area contributed by atoms with E-state index in [-0.39, 0.29) is 0 Å². The average Bonchev–Trinajstić information content (AvgIpc) is 3.72. The minimum atomic E-state index is -0.841. The smallest absolute Gasteiger partial charge is 0.0843 e. The highest BCUT2D eigenvalue weighted by molar-refractivity contribution is 7.99. The van der Waals surface area contributed by atoms with E-state index >= 15 is 0 Å². The van der Waals surface area contributed by atoms with Crippen LogP contribution in [0.4, 0.5) is 0 Å². The molecule has 1 N–H and O–H groups in total. The number of pyridine rings is 1. The highest BCUT2D eigenvalue weighted by atomic mass is 35.5. The number of rotatable bonds is 11. The molecule has 1 aliphatic rings. The van der Waals surface area contributed by atoms with Gasteiger partial charge in [-0.2, -0.15) is 11.8 Å². The molecule has 0 radical (unpaired) electrons. The van der Waals surface area contributed by atoms with Gasteiger partial charge in [0.1, 0.15) is 0 Å². The number of hydrogen-bond donors (Lipinski definition) is 1. The van der Waals surface area contributed by atoms with E-state index in [0.29, 0.717) is 15.7 Å². The number of fused-ring (bicyclic) bond motifs is 1. The predicted octanol–water partition coefficient (Wildman–Crippen LogP) is 9.88.